The van der Waals surface area contributed by atoms with Crippen LogP contribution in [0, 0.1) is 0 Å². The van der Waals surface area contributed by atoms with Crippen molar-refractivity contribution in [2.75, 3.05) is 6.54 Å². The zero-order valence-electron chi connectivity index (χ0n) is 10.9. The van der Waals surface area contributed by atoms with Gasteiger partial charge in [-0.1, -0.05) is 12.1 Å². The molecule has 4 nitrogen and oxygen atoms in total. The van der Waals surface area contributed by atoms with Gasteiger partial charge >= 0.3 is 0 Å². The Kier molecular flexibility index (Phi) is 3.59. The number of para-hydroxylation sites is 2. The third-order valence-corrected chi connectivity index (χ3v) is 2.53. The molecule has 0 radical (unpaired) electrons. The first-order valence-corrected chi connectivity index (χ1v) is 6.02. The lowest BCUT2D eigenvalue weighted by atomic mass is 10.1. The monoisotopic (exact) mass is 249 g/mol. The number of aliphatic hydroxyl groups excluding tert-OH is 1. The Hall–Kier alpha value is -1.52. The van der Waals surface area contributed by atoms with Crippen molar-refractivity contribution in [2.45, 2.75) is 32.4 Å². The van der Waals surface area contributed by atoms with Crippen molar-refractivity contribution in [2.24, 2.45) is 0 Å². The number of hydrogen-bond acceptors (Lipinski definition) is 4. The Morgan fingerprint density at radius 2 is 1.89 bits per heavy atom. The molecule has 1 aliphatic rings. The number of benzene rings is 1. The number of ether oxygens (including phenoxy) is 2. The molecule has 2 N–H and O–H groups in total. The highest BCUT2D eigenvalue weighted by molar-refractivity contribution is 5.43. The third kappa shape index (κ3) is 3.24. The van der Waals surface area contributed by atoms with E-state index in [2.05, 4.69) is 5.32 Å². The summed E-state index contributed by atoms with van der Waals surface area (Å²) in [5.74, 6) is 1.72. The second-order valence-electron chi connectivity index (χ2n) is 5.33. The van der Waals surface area contributed by atoms with Gasteiger partial charge in [0.2, 0.25) is 0 Å². The topological polar surface area (TPSA) is 50.7 Å². The van der Waals surface area contributed by atoms with Crippen molar-refractivity contribution in [1.29, 1.82) is 0 Å². The quantitative estimate of drug-likeness (QED) is 0.860. The van der Waals surface area contributed by atoms with E-state index >= 15 is 0 Å². The molecule has 1 aromatic rings. The van der Waals surface area contributed by atoms with Gasteiger partial charge in [0, 0.05) is 12.1 Å². The second-order valence-corrected chi connectivity index (χ2v) is 5.33. The number of β-amino-alcohol motifs (C(OH)–C–C–N with tert-alkyl or cyclic N) is 1. The molecule has 0 spiro atoms. The van der Waals surface area contributed by atoms with Gasteiger partial charge in [0.15, 0.2) is 17.3 Å². The molecule has 0 amide bonds. The number of fused-ring (bicyclic) bond motifs is 1. The first-order valence-electron chi connectivity index (χ1n) is 6.02. The van der Waals surface area contributed by atoms with Crippen LogP contribution in [0.15, 0.2) is 36.3 Å². The fraction of sp³-hybridized carbons (Fsp3) is 0.429. The van der Waals surface area contributed by atoms with E-state index in [1.54, 1.807) is 0 Å². The van der Waals surface area contributed by atoms with Gasteiger partial charge in [-0.2, -0.15) is 0 Å². The van der Waals surface area contributed by atoms with Gasteiger partial charge in [0.1, 0.15) is 12.4 Å². The van der Waals surface area contributed by atoms with Gasteiger partial charge in [0.05, 0.1) is 0 Å². The number of hydrogen-bond donors (Lipinski definition) is 2. The Bertz CT molecular complexity index is 449. The normalized spacial score (nSPS) is 16.1. The highest BCUT2D eigenvalue weighted by atomic mass is 16.6. The van der Waals surface area contributed by atoms with Gasteiger partial charge < -0.3 is 19.9 Å². The summed E-state index contributed by atoms with van der Waals surface area (Å²) in [5, 5.41) is 13.2. The molecule has 0 aromatic heterocycles. The van der Waals surface area contributed by atoms with Crippen molar-refractivity contribution in [1.82, 2.24) is 5.32 Å². The van der Waals surface area contributed by atoms with Crippen LogP contribution in [0.4, 0.5) is 0 Å². The molecule has 1 atom stereocenters. The molecule has 1 heterocycles. The lowest BCUT2D eigenvalue weighted by Crippen LogP contribution is -2.42. The smallest absolute Gasteiger partial charge is 0.169 e. The molecule has 0 fully saturated rings. The Morgan fingerprint density at radius 3 is 2.56 bits per heavy atom. The number of rotatable bonds is 3. The molecular weight excluding hydrogens is 230 g/mol. The van der Waals surface area contributed by atoms with Gasteiger partial charge in [-0.15, -0.1) is 0 Å². The Balaban J connectivity index is 1.98. The summed E-state index contributed by atoms with van der Waals surface area (Å²) in [6.07, 6.45) is 0.731. The van der Waals surface area contributed by atoms with Crippen molar-refractivity contribution < 1.29 is 14.6 Å². The van der Waals surface area contributed by atoms with E-state index in [1.807, 2.05) is 45.0 Å². The minimum absolute atomic E-state index is 0.0467. The summed E-state index contributed by atoms with van der Waals surface area (Å²) in [5.41, 5.74) is -0.0467. The molecule has 0 saturated carbocycles. The highest BCUT2D eigenvalue weighted by Gasteiger charge is 2.21. The third-order valence-electron chi connectivity index (χ3n) is 2.53. The summed E-state index contributed by atoms with van der Waals surface area (Å²) >= 11 is 0. The van der Waals surface area contributed by atoms with E-state index in [0.29, 0.717) is 23.8 Å². The van der Waals surface area contributed by atoms with Gasteiger partial charge in [-0.05, 0) is 32.9 Å². The van der Waals surface area contributed by atoms with Crippen LogP contribution in [0.1, 0.15) is 20.8 Å². The molecule has 1 aromatic carbocycles. The van der Waals surface area contributed by atoms with Crippen LogP contribution in [0.3, 0.4) is 0 Å². The molecule has 18 heavy (non-hydrogen) atoms. The van der Waals surface area contributed by atoms with Crippen LogP contribution in [0.5, 0.6) is 11.5 Å². The fourth-order valence-corrected chi connectivity index (χ4v) is 1.55. The maximum atomic E-state index is 10.0. The molecule has 0 unspecified atom stereocenters. The first kappa shape index (κ1) is 12.9. The molecule has 4 heteroatoms. The maximum absolute atomic E-state index is 10.0. The molecular formula is C14H19NO3. The van der Waals surface area contributed by atoms with E-state index in [-0.39, 0.29) is 5.54 Å². The molecule has 98 valence electrons. The average molecular weight is 249 g/mol. The van der Waals surface area contributed by atoms with Gasteiger partial charge in [0.25, 0.3) is 0 Å². The van der Waals surface area contributed by atoms with Crippen LogP contribution in [-0.2, 0) is 0 Å². The molecule has 0 aliphatic carbocycles. The summed E-state index contributed by atoms with van der Waals surface area (Å²) < 4.78 is 11.0. The van der Waals surface area contributed by atoms with Crippen molar-refractivity contribution in [3.8, 4) is 11.5 Å². The second kappa shape index (κ2) is 5.00. The Labute approximate surface area is 107 Å². The zero-order chi connectivity index (χ0) is 13.2. The van der Waals surface area contributed by atoms with Crippen molar-refractivity contribution in [3.05, 3.63) is 36.3 Å². The Morgan fingerprint density at radius 1 is 1.22 bits per heavy atom. The molecule has 2 rings (SSSR count). The van der Waals surface area contributed by atoms with Gasteiger partial charge in [-0.25, -0.2) is 0 Å². The summed E-state index contributed by atoms with van der Waals surface area (Å²) in [7, 11) is 0. The highest BCUT2D eigenvalue weighted by Crippen LogP contribution is 2.32. The fourth-order valence-electron chi connectivity index (χ4n) is 1.55. The van der Waals surface area contributed by atoms with E-state index in [4.69, 9.17) is 9.47 Å². The summed E-state index contributed by atoms with van der Waals surface area (Å²) in [6.45, 7) is 6.55. The van der Waals surface area contributed by atoms with E-state index in [1.165, 1.54) is 6.26 Å². The van der Waals surface area contributed by atoms with Crippen LogP contribution in [0.25, 0.3) is 0 Å². The van der Waals surface area contributed by atoms with Crippen LogP contribution in [0.2, 0.25) is 0 Å². The molecule has 0 bridgehead atoms. The maximum Gasteiger partial charge on any atom is 0.169 e. The van der Waals surface area contributed by atoms with Crippen LogP contribution < -0.4 is 14.8 Å². The lowest BCUT2D eigenvalue weighted by molar-refractivity contribution is 0.136. The zero-order valence-corrected chi connectivity index (χ0v) is 10.9. The van der Waals surface area contributed by atoms with Crippen molar-refractivity contribution >= 4 is 0 Å². The van der Waals surface area contributed by atoms with E-state index < -0.39 is 6.10 Å². The minimum Gasteiger partial charge on any atom is -0.457 e. The van der Waals surface area contributed by atoms with E-state index in [9.17, 15) is 5.11 Å². The van der Waals surface area contributed by atoms with Crippen LogP contribution >= 0.6 is 0 Å². The predicted octanol–water partition coefficient (Wildman–Crippen LogP) is 2.05. The lowest BCUT2D eigenvalue weighted by Gasteiger charge is -2.25. The standard InChI is InChI=1S/C14H19NO3/c1-14(2,3)15-8-10(16)13-9-17-11-6-4-5-7-12(11)18-13/h4-7,9-10,15-16H,8H2,1-3H3/t10-/m1/s1. The first-order chi connectivity index (χ1) is 8.46. The van der Waals surface area contributed by atoms with Crippen LogP contribution in [-0.4, -0.2) is 23.3 Å². The molecule has 1 aliphatic heterocycles. The predicted molar refractivity (Wildman–Crippen MR) is 69.5 cm³/mol. The largest absolute Gasteiger partial charge is 0.457 e. The summed E-state index contributed by atoms with van der Waals surface area (Å²) in [6, 6.07) is 7.37. The average Bonchev–Trinajstić information content (AvgIpc) is 2.34. The SMILES string of the molecule is CC(C)(C)NC[C@@H](O)C1=COc2ccccc2O1. The van der Waals surface area contributed by atoms with Gasteiger partial charge in [-0.3, -0.25) is 0 Å². The summed E-state index contributed by atoms with van der Waals surface area (Å²) in [4.78, 5) is 0. The van der Waals surface area contributed by atoms with E-state index in [0.717, 1.165) is 0 Å². The van der Waals surface area contributed by atoms with Crippen molar-refractivity contribution in [3.63, 3.8) is 0 Å². The molecule has 0 saturated heterocycles. The number of aliphatic hydroxyl groups is 1. The number of nitrogens with one attached hydrogen (secondary N) is 1. The minimum atomic E-state index is -0.724.